The molecule has 19 heavy (non-hydrogen) atoms. The molecule has 0 unspecified atom stereocenters. The standard InChI is InChI=1S/C14H14N2O2S/c1-18-14(17)13-10(3-2-4-12(13)15)9-19-11-5-7-16-8-6-11/h2-8H,9,15H2,1H3. The second-order valence-corrected chi connectivity index (χ2v) is 4.89. The van der Waals surface area contributed by atoms with E-state index in [-0.39, 0.29) is 0 Å². The van der Waals surface area contributed by atoms with Crippen molar-refractivity contribution in [3.8, 4) is 0 Å². The highest BCUT2D eigenvalue weighted by atomic mass is 32.2. The van der Waals surface area contributed by atoms with Crippen LogP contribution in [0.15, 0.2) is 47.6 Å². The highest BCUT2D eigenvalue weighted by Gasteiger charge is 2.15. The number of nitrogens with two attached hydrogens (primary N) is 1. The van der Waals surface area contributed by atoms with Crippen LogP contribution in [-0.2, 0) is 10.5 Å². The molecule has 0 atom stereocenters. The molecule has 0 radical (unpaired) electrons. The number of hydrogen-bond acceptors (Lipinski definition) is 5. The van der Waals surface area contributed by atoms with Gasteiger partial charge in [-0.05, 0) is 23.8 Å². The molecule has 0 bridgehead atoms. The van der Waals surface area contributed by atoms with Gasteiger partial charge in [-0.2, -0.15) is 0 Å². The van der Waals surface area contributed by atoms with Crippen LogP contribution < -0.4 is 5.73 Å². The third-order valence-corrected chi connectivity index (χ3v) is 3.68. The van der Waals surface area contributed by atoms with Gasteiger partial charge in [0.1, 0.15) is 0 Å². The molecule has 0 saturated heterocycles. The monoisotopic (exact) mass is 274 g/mol. The number of aromatic nitrogens is 1. The lowest BCUT2D eigenvalue weighted by Crippen LogP contribution is -2.09. The van der Waals surface area contributed by atoms with E-state index in [9.17, 15) is 4.79 Å². The Balaban J connectivity index is 2.21. The summed E-state index contributed by atoms with van der Waals surface area (Å²) in [5.74, 6) is 0.253. The molecular formula is C14H14N2O2S. The number of esters is 1. The second-order valence-electron chi connectivity index (χ2n) is 3.84. The minimum atomic E-state index is -0.400. The van der Waals surface area contributed by atoms with Gasteiger partial charge in [-0.25, -0.2) is 4.79 Å². The molecule has 0 amide bonds. The van der Waals surface area contributed by atoms with Crippen molar-refractivity contribution in [2.45, 2.75) is 10.6 Å². The van der Waals surface area contributed by atoms with E-state index in [0.29, 0.717) is 17.0 Å². The van der Waals surface area contributed by atoms with E-state index in [1.54, 1.807) is 30.2 Å². The van der Waals surface area contributed by atoms with Crippen molar-refractivity contribution < 1.29 is 9.53 Å². The molecule has 4 nitrogen and oxygen atoms in total. The lowest BCUT2D eigenvalue weighted by molar-refractivity contribution is 0.0601. The van der Waals surface area contributed by atoms with Gasteiger partial charge in [0.05, 0.1) is 12.7 Å². The van der Waals surface area contributed by atoms with Crippen molar-refractivity contribution in [3.05, 3.63) is 53.9 Å². The van der Waals surface area contributed by atoms with Crippen LogP contribution in [0.1, 0.15) is 15.9 Å². The summed E-state index contributed by atoms with van der Waals surface area (Å²) in [6, 6.07) is 9.28. The molecule has 1 aromatic heterocycles. The van der Waals surface area contributed by atoms with Crippen LogP contribution in [0.4, 0.5) is 5.69 Å². The number of methoxy groups -OCH3 is 1. The van der Waals surface area contributed by atoms with Gasteiger partial charge in [-0.15, -0.1) is 11.8 Å². The highest BCUT2D eigenvalue weighted by Crippen LogP contribution is 2.26. The maximum Gasteiger partial charge on any atom is 0.340 e. The Morgan fingerprint density at radius 1 is 1.32 bits per heavy atom. The second kappa shape index (κ2) is 6.24. The predicted octanol–water partition coefficient (Wildman–Crippen LogP) is 2.74. The molecule has 0 aliphatic rings. The SMILES string of the molecule is COC(=O)c1c(N)cccc1CSc1ccncc1. The lowest BCUT2D eigenvalue weighted by atomic mass is 10.1. The summed E-state index contributed by atoms with van der Waals surface area (Å²) in [4.78, 5) is 16.8. The minimum Gasteiger partial charge on any atom is -0.465 e. The van der Waals surface area contributed by atoms with Gasteiger partial charge >= 0.3 is 5.97 Å². The van der Waals surface area contributed by atoms with Crippen molar-refractivity contribution in [2.24, 2.45) is 0 Å². The van der Waals surface area contributed by atoms with Gasteiger partial charge in [-0.3, -0.25) is 4.98 Å². The fourth-order valence-electron chi connectivity index (χ4n) is 1.69. The van der Waals surface area contributed by atoms with Crippen molar-refractivity contribution in [2.75, 3.05) is 12.8 Å². The number of benzene rings is 1. The van der Waals surface area contributed by atoms with E-state index in [2.05, 4.69) is 4.98 Å². The van der Waals surface area contributed by atoms with Crippen molar-refractivity contribution in [1.29, 1.82) is 0 Å². The largest absolute Gasteiger partial charge is 0.465 e. The fourth-order valence-corrected chi connectivity index (χ4v) is 2.56. The van der Waals surface area contributed by atoms with E-state index < -0.39 is 5.97 Å². The van der Waals surface area contributed by atoms with Gasteiger partial charge in [0, 0.05) is 28.7 Å². The number of rotatable bonds is 4. The summed E-state index contributed by atoms with van der Waals surface area (Å²) in [6.45, 7) is 0. The van der Waals surface area contributed by atoms with Crippen LogP contribution >= 0.6 is 11.8 Å². The normalized spacial score (nSPS) is 10.2. The number of carbonyl (C=O) groups is 1. The highest BCUT2D eigenvalue weighted by molar-refractivity contribution is 7.98. The molecule has 0 aliphatic heterocycles. The van der Waals surface area contributed by atoms with Gasteiger partial charge in [0.25, 0.3) is 0 Å². The Morgan fingerprint density at radius 2 is 2.05 bits per heavy atom. The number of pyridine rings is 1. The number of anilines is 1. The topological polar surface area (TPSA) is 65.2 Å². The molecule has 1 heterocycles. The van der Waals surface area contributed by atoms with E-state index in [1.165, 1.54) is 7.11 Å². The van der Waals surface area contributed by atoms with Gasteiger partial charge in [-0.1, -0.05) is 12.1 Å². The van der Waals surface area contributed by atoms with Gasteiger partial charge in [0.2, 0.25) is 0 Å². The third-order valence-electron chi connectivity index (χ3n) is 2.62. The smallest absolute Gasteiger partial charge is 0.340 e. The molecule has 1 aromatic carbocycles. The summed E-state index contributed by atoms with van der Waals surface area (Å²) in [5.41, 5.74) is 7.61. The Labute approximate surface area is 116 Å². The Morgan fingerprint density at radius 3 is 2.74 bits per heavy atom. The molecule has 2 rings (SSSR count). The number of carbonyl (C=O) groups excluding carboxylic acids is 1. The zero-order chi connectivity index (χ0) is 13.7. The molecule has 2 aromatic rings. The average molecular weight is 274 g/mol. The quantitative estimate of drug-likeness (QED) is 0.527. The first kappa shape index (κ1) is 13.4. The van der Waals surface area contributed by atoms with Crippen molar-refractivity contribution in [1.82, 2.24) is 4.98 Å². The number of nitrogens with zero attached hydrogens (tertiary/aromatic N) is 1. The van der Waals surface area contributed by atoms with E-state index in [1.807, 2.05) is 24.3 Å². The molecule has 0 spiro atoms. The van der Waals surface area contributed by atoms with Gasteiger partial charge < -0.3 is 10.5 Å². The lowest BCUT2D eigenvalue weighted by Gasteiger charge is -2.10. The van der Waals surface area contributed by atoms with Crippen molar-refractivity contribution >= 4 is 23.4 Å². The van der Waals surface area contributed by atoms with E-state index in [0.717, 1.165) is 10.5 Å². The molecule has 98 valence electrons. The molecule has 0 fully saturated rings. The molecule has 5 heteroatoms. The first-order valence-electron chi connectivity index (χ1n) is 5.71. The van der Waals surface area contributed by atoms with Crippen LogP contribution in [-0.4, -0.2) is 18.1 Å². The Hall–Kier alpha value is -2.01. The Kier molecular flexibility index (Phi) is 4.41. The summed E-state index contributed by atoms with van der Waals surface area (Å²) < 4.78 is 4.77. The van der Waals surface area contributed by atoms with E-state index >= 15 is 0 Å². The average Bonchev–Trinajstić information content (AvgIpc) is 2.45. The Bertz CT molecular complexity index is 573. The maximum absolute atomic E-state index is 11.7. The summed E-state index contributed by atoms with van der Waals surface area (Å²) in [7, 11) is 1.36. The first-order chi connectivity index (χ1) is 9.22. The van der Waals surface area contributed by atoms with E-state index in [4.69, 9.17) is 10.5 Å². The molecule has 0 saturated carbocycles. The van der Waals surface area contributed by atoms with Crippen molar-refractivity contribution in [3.63, 3.8) is 0 Å². The maximum atomic E-state index is 11.7. The summed E-state index contributed by atoms with van der Waals surface area (Å²) >= 11 is 1.62. The zero-order valence-corrected chi connectivity index (χ0v) is 11.3. The molecule has 0 aliphatic carbocycles. The third kappa shape index (κ3) is 3.26. The zero-order valence-electron chi connectivity index (χ0n) is 10.5. The predicted molar refractivity (Wildman–Crippen MR) is 76.0 cm³/mol. The number of hydrogen-bond donors (Lipinski definition) is 1. The fraction of sp³-hybridized carbons (Fsp3) is 0.143. The summed E-state index contributed by atoms with van der Waals surface area (Å²) in [5, 5.41) is 0. The van der Waals surface area contributed by atoms with Crippen LogP contribution in [0.5, 0.6) is 0 Å². The molecule has 2 N–H and O–H groups in total. The van der Waals surface area contributed by atoms with Crippen LogP contribution in [0, 0.1) is 0 Å². The number of thioether (sulfide) groups is 1. The summed E-state index contributed by atoms with van der Waals surface area (Å²) in [6.07, 6.45) is 3.48. The van der Waals surface area contributed by atoms with Gasteiger partial charge in [0.15, 0.2) is 0 Å². The van der Waals surface area contributed by atoms with Crippen LogP contribution in [0.25, 0.3) is 0 Å². The van der Waals surface area contributed by atoms with Crippen LogP contribution in [0.2, 0.25) is 0 Å². The molecular weight excluding hydrogens is 260 g/mol. The number of ether oxygens (including phenoxy) is 1. The first-order valence-corrected chi connectivity index (χ1v) is 6.69. The number of nitrogen functional groups attached to an aromatic ring is 1. The van der Waals surface area contributed by atoms with Crippen LogP contribution in [0.3, 0.4) is 0 Å². The minimum absolute atomic E-state index is 0.400.